The van der Waals surface area contributed by atoms with Crippen molar-refractivity contribution in [1.29, 1.82) is 0 Å². The van der Waals surface area contributed by atoms with E-state index in [9.17, 15) is 5.11 Å². The van der Waals surface area contributed by atoms with Crippen molar-refractivity contribution in [2.45, 2.75) is 89.2 Å². The average molecular weight is 253 g/mol. The Kier molecular flexibility index (Phi) is 5.97. The van der Waals surface area contributed by atoms with Crippen LogP contribution in [0.2, 0.25) is 0 Å². The second-order valence-corrected chi connectivity index (χ2v) is 6.62. The molecule has 0 aromatic heterocycles. The molecule has 2 unspecified atom stereocenters. The lowest BCUT2D eigenvalue weighted by molar-refractivity contribution is 0.0876. The molecule has 0 aliphatic heterocycles. The summed E-state index contributed by atoms with van der Waals surface area (Å²) >= 11 is 0. The molecule has 0 saturated heterocycles. The van der Waals surface area contributed by atoms with Crippen molar-refractivity contribution in [3.8, 4) is 0 Å². The molecule has 2 fully saturated rings. The Hall–Kier alpha value is -0.0800. The van der Waals surface area contributed by atoms with Gasteiger partial charge in [-0.1, -0.05) is 51.4 Å². The molecule has 106 valence electrons. The lowest BCUT2D eigenvalue weighted by atomic mass is 9.79. The third kappa shape index (κ3) is 4.24. The highest BCUT2D eigenvalue weighted by Crippen LogP contribution is 2.30. The van der Waals surface area contributed by atoms with Crippen LogP contribution < -0.4 is 5.73 Å². The van der Waals surface area contributed by atoms with E-state index in [4.69, 9.17) is 5.73 Å². The Morgan fingerprint density at radius 2 is 1.44 bits per heavy atom. The van der Waals surface area contributed by atoms with Crippen molar-refractivity contribution in [1.82, 2.24) is 0 Å². The number of hydrogen-bond acceptors (Lipinski definition) is 2. The van der Waals surface area contributed by atoms with Crippen molar-refractivity contribution in [3.05, 3.63) is 0 Å². The molecule has 2 saturated carbocycles. The molecule has 2 aliphatic rings. The van der Waals surface area contributed by atoms with E-state index in [1.807, 2.05) is 0 Å². The van der Waals surface area contributed by atoms with Gasteiger partial charge >= 0.3 is 0 Å². The SMILES string of the molecule is NC(C(O)CCC1CCCCC1)C1CCCCC1. The van der Waals surface area contributed by atoms with E-state index in [2.05, 4.69) is 0 Å². The highest BCUT2D eigenvalue weighted by atomic mass is 16.3. The molecular formula is C16H31NO. The van der Waals surface area contributed by atoms with Gasteiger partial charge < -0.3 is 10.8 Å². The van der Waals surface area contributed by atoms with Crippen LogP contribution in [0.25, 0.3) is 0 Å². The first-order chi connectivity index (χ1) is 8.77. The van der Waals surface area contributed by atoms with Gasteiger partial charge in [-0.2, -0.15) is 0 Å². The molecule has 2 nitrogen and oxygen atoms in total. The van der Waals surface area contributed by atoms with Gasteiger partial charge in [0.25, 0.3) is 0 Å². The summed E-state index contributed by atoms with van der Waals surface area (Å²) in [5.74, 6) is 1.45. The highest BCUT2D eigenvalue weighted by Gasteiger charge is 2.26. The van der Waals surface area contributed by atoms with Gasteiger partial charge in [0, 0.05) is 6.04 Å². The number of nitrogens with two attached hydrogens (primary N) is 1. The summed E-state index contributed by atoms with van der Waals surface area (Å²) in [6.07, 6.45) is 15.3. The molecule has 3 N–H and O–H groups in total. The Morgan fingerprint density at radius 1 is 0.889 bits per heavy atom. The fourth-order valence-corrected chi connectivity index (χ4v) is 3.91. The van der Waals surface area contributed by atoms with E-state index in [0.717, 1.165) is 12.3 Å². The first kappa shape index (κ1) is 14.3. The molecule has 0 amide bonds. The van der Waals surface area contributed by atoms with E-state index in [1.54, 1.807) is 0 Å². The minimum atomic E-state index is -0.255. The number of rotatable bonds is 5. The third-order valence-corrected chi connectivity index (χ3v) is 5.23. The van der Waals surface area contributed by atoms with Crippen molar-refractivity contribution in [2.75, 3.05) is 0 Å². The Labute approximate surface area is 112 Å². The van der Waals surface area contributed by atoms with Crippen molar-refractivity contribution < 1.29 is 5.11 Å². The van der Waals surface area contributed by atoms with Gasteiger partial charge in [0.2, 0.25) is 0 Å². The third-order valence-electron chi connectivity index (χ3n) is 5.23. The lowest BCUT2D eigenvalue weighted by Gasteiger charge is -2.31. The maximum atomic E-state index is 10.3. The molecule has 0 spiro atoms. The van der Waals surface area contributed by atoms with Gasteiger partial charge in [0.1, 0.15) is 0 Å². The molecule has 0 aromatic carbocycles. The molecular weight excluding hydrogens is 222 g/mol. The summed E-state index contributed by atoms with van der Waals surface area (Å²) in [6.45, 7) is 0. The summed E-state index contributed by atoms with van der Waals surface area (Å²) < 4.78 is 0. The minimum absolute atomic E-state index is 0.0360. The van der Waals surface area contributed by atoms with Crippen LogP contribution in [0.5, 0.6) is 0 Å². The Morgan fingerprint density at radius 3 is 2.06 bits per heavy atom. The van der Waals surface area contributed by atoms with Crippen LogP contribution in [0, 0.1) is 11.8 Å². The molecule has 2 heteroatoms. The zero-order valence-electron chi connectivity index (χ0n) is 11.8. The fourth-order valence-electron chi connectivity index (χ4n) is 3.91. The predicted octanol–water partition coefficient (Wildman–Crippen LogP) is 3.62. The first-order valence-corrected chi connectivity index (χ1v) is 8.21. The summed E-state index contributed by atoms with van der Waals surface area (Å²) in [7, 11) is 0. The molecule has 0 bridgehead atoms. The topological polar surface area (TPSA) is 46.2 Å². The highest BCUT2D eigenvalue weighted by molar-refractivity contribution is 4.83. The maximum Gasteiger partial charge on any atom is 0.0693 e. The lowest BCUT2D eigenvalue weighted by Crippen LogP contribution is -2.42. The standard InChI is InChI=1S/C16H31NO/c17-16(14-9-5-2-6-10-14)15(18)12-11-13-7-3-1-4-8-13/h13-16,18H,1-12,17H2. The number of hydrogen-bond donors (Lipinski definition) is 2. The maximum absolute atomic E-state index is 10.3. The van der Waals surface area contributed by atoms with Crippen LogP contribution in [-0.2, 0) is 0 Å². The average Bonchev–Trinajstić information content (AvgIpc) is 2.46. The van der Waals surface area contributed by atoms with Crippen molar-refractivity contribution >= 4 is 0 Å². The molecule has 2 atom stereocenters. The summed E-state index contributed by atoms with van der Waals surface area (Å²) in [5.41, 5.74) is 6.26. The first-order valence-electron chi connectivity index (χ1n) is 8.21. The van der Waals surface area contributed by atoms with E-state index in [1.165, 1.54) is 70.6 Å². The Bertz CT molecular complexity index is 219. The molecule has 0 aromatic rings. The van der Waals surface area contributed by atoms with Crippen molar-refractivity contribution in [2.24, 2.45) is 17.6 Å². The van der Waals surface area contributed by atoms with E-state index in [-0.39, 0.29) is 12.1 Å². The van der Waals surface area contributed by atoms with Gasteiger partial charge in [-0.05, 0) is 37.5 Å². The van der Waals surface area contributed by atoms with E-state index in [0.29, 0.717) is 5.92 Å². The number of aliphatic hydroxyl groups is 1. The van der Waals surface area contributed by atoms with Crippen molar-refractivity contribution in [3.63, 3.8) is 0 Å². The second-order valence-electron chi connectivity index (χ2n) is 6.62. The largest absolute Gasteiger partial charge is 0.392 e. The van der Waals surface area contributed by atoms with Gasteiger partial charge in [-0.3, -0.25) is 0 Å². The van der Waals surface area contributed by atoms with Gasteiger partial charge in [-0.15, -0.1) is 0 Å². The van der Waals surface area contributed by atoms with Crippen LogP contribution in [0.1, 0.15) is 77.0 Å². The summed E-state index contributed by atoms with van der Waals surface area (Å²) in [6, 6.07) is 0.0360. The van der Waals surface area contributed by atoms with Crippen LogP contribution in [-0.4, -0.2) is 17.3 Å². The predicted molar refractivity (Wildman–Crippen MR) is 76.4 cm³/mol. The van der Waals surface area contributed by atoms with Crippen LogP contribution in [0.15, 0.2) is 0 Å². The zero-order chi connectivity index (χ0) is 12.8. The molecule has 0 radical (unpaired) electrons. The summed E-state index contributed by atoms with van der Waals surface area (Å²) in [4.78, 5) is 0. The zero-order valence-corrected chi connectivity index (χ0v) is 11.8. The molecule has 18 heavy (non-hydrogen) atoms. The van der Waals surface area contributed by atoms with Crippen LogP contribution in [0.3, 0.4) is 0 Å². The van der Waals surface area contributed by atoms with Gasteiger partial charge in [0.05, 0.1) is 6.10 Å². The van der Waals surface area contributed by atoms with Gasteiger partial charge in [0.15, 0.2) is 0 Å². The van der Waals surface area contributed by atoms with E-state index < -0.39 is 0 Å². The number of aliphatic hydroxyl groups excluding tert-OH is 1. The smallest absolute Gasteiger partial charge is 0.0693 e. The fraction of sp³-hybridized carbons (Fsp3) is 1.00. The van der Waals surface area contributed by atoms with Crippen LogP contribution in [0.4, 0.5) is 0 Å². The van der Waals surface area contributed by atoms with Crippen LogP contribution >= 0.6 is 0 Å². The molecule has 2 aliphatic carbocycles. The second kappa shape index (κ2) is 7.49. The summed E-state index contributed by atoms with van der Waals surface area (Å²) in [5, 5.41) is 10.3. The van der Waals surface area contributed by atoms with E-state index >= 15 is 0 Å². The Balaban J connectivity index is 1.67. The quantitative estimate of drug-likeness (QED) is 0.786. The minimum Gasteiger partial charge on any atom is -0.392 e. The van der Waals surface area contributed by atoms with Gasteiger partial charge in [-0.25, -0.2) is 0 Å². The molecule has 2 rings (SSSR count). The monoisotopic (exact) mass is 253 g/mol. The molecule has 0 heterocycles. The normalized spacial score (nSPS) is 27.0.